The number of aryl methyl sites for hydroxylation is 1. The number of fused-ring (bicyclic) bond motifs is 1. The number of H-pyrrole nitrogens is 1. The zero-order valence-corrected chi connectivity index (χ0v) is 16.9. The second kappa shape index (κ2) is 7.72. The molecule has 0 bridgehead atoms. The lowest BCUT2D eigenvalue weighted by atomic mass is 10.1. The maximum absolute atomic E-state index is 14.4. The number of aromatic nitrogens is 3. The third-order valence-electron chi connectivity index (χ3n) is 5.30. The van der Waals surface area contributed by atoms with Crippen LogP contribution in [-0.4, -0.2) is 14.5 Å². The van der Waals surface area contributed by atoms with Gasteiger partial charge in [-0.1, -0.05) is 48.5 Å². The predicted molar refractivity (Wildman–Crippen MR) is 116 cm³/mol. The van der Waals surface area contributed by atoms with Crippen molar-refractivity contribution in [2.75, 3.05) is 0 Å². The summed E-state index contributed by atoms with van der Waals surface area (Å²) in [6.07, 6.45) is 2.34. The third-order valence-corrected chi connectivity index (χ3v) is 5.30. The molecule has 0 amide bonds. The summed E-state index contributed by atoms with van der Waals surface area (Å²) in [7, 11) is 0. The number of furan rings is 1. The van der Waals surface area contributed by atoms with Crippen LogP contribution in [0.1, 0.15) is 28.5 Å². The number of halogens is 1. The van der Waals surface area contributed by atoms with Gasteiger partial charge in [-0.15, -0.1) is 0 Å². The molecule has 0 unspecified atom stereocenters. The smallest absolute Gasteiger partial charge is 0.278 e. The Bertz CT molecular complexity index is 1380. The van der Waals surface area contributed by atoms with E-state index in [9.17, 15) is 9.18 Å². The zero-order chi connectivity index (χ0) is 21.4. The normalized spacial score (nSPS) is 11.3. The van der Waals surface area contributed by atoms with E-state index in [-0.39, 0.29) is 17.8 Å². The molecule has 6 heteroatoms. The van der Waals surface area contributed by atoms with Crippen molar-refractivity contribution in [1.29, 1.82) is 0 Å². The van der Waals surface area contributed by atoms with Crippen LogP contribution in [0.4, 0.5) is 4.39 Å². The number of rotatable bonds is 5. The molecule has 0 atom stereocenters. The van der Waals surface area contributed by atoms with E-state index in [0.717, 1.165) is 17.0 Å². The summed E-state index contributed by atoms with van der Waals surface area (Å²) >= 11 is 0. The van der Waals surface area contributed by atoms with E-state index in [1.807, 2.05) is 49.4 Å². The first-order valence-electron chi connectivity index (χ1n) is 10.1. The molecular weight excluding hydrogens is 393 g/mol. The van der Waals surface area contributed by atoms with Gasteiger partial charge in [-0.2, -0.15) is 0 Å². The first-order valence-corrected chi connectivity index (χ1v) is 10.1. The van der Waals surface area contributed by atoms with E-state index in [1.165, 1.54) is 6.07 Å². The van der Waals surface area contributed by atoms with Gasteiger partial charge in [0.25, 0.3) is 5.56 Å². The Labute approximate surface area is 178 Å². The van der Waals surface area contributed by atoms with Crippen LogP contribution in [0, 0.1) is 12.7 Å². The molecule has 0 radical (unpaired) electrons. The van der Waals surface area contributed by atoms with Gasteiger partial charge in [0.1, 0.15) is 23.0 Å². The lowest BCUT2D eigenvalue weighted by Crippen LogP contribution is -2.18. The van der Waals surface area contributed by atoms with Crippen molar-refractivity contribution >= 4 is 0 Å². The first kappa shape index (κ1) is 19.1. The number of hydrogen-bond donors (Lipinski definition) is 1. The zero-order valence-electron chi connectivity index (χ0n) is 16.9. The monoisotopic (exact) mass is 413 g/mol. The van der Waals surface area contributed by atoms with Crippen molar-refractivity contribution in [2.45, 2.75) is 19.8 Å². The second-order valence-electron chi connectivity index (χ2n) is 7.53. The highest BCUT2D eigenvalue weighted by Gasteiger charge is 2.21. The number of aromatic amines is 1. The second-order valence-corrected chi connectivity index (χ2v) is 7.53. The van der Waals surface area contributed by atoms with E-state index < -0.39 is 0 Å². The minimum absolute atomic E-state index is 0.204. The predicted octanol–water partition coefficient (Wildman–Crippen LogP) is 4.89. The van der Waals surface area contributed by atoms with Crippen LogP contribution < -0.4 is 5.56 Å². The molecule has 5 rings (SSSR count). The van der Waals surface area contributed by atoms with Gasteiger partial charge in [0.05, 0.1) is 17.8 Å². The molecule has 1 N–H and O–H groups in total. The van der Waals surface area contributed by atoms with Crippen LogP contribution in [0.5, 0.6) is 0 Å². The van der Waals surface area contributed by atoms with Crippen molar-refractivity contribution in [3.05, 3.63) is 118 Å². The lowest BCUT2D eigenvalue weighted by Gasteiger charge is -2.13. The van der Waals surface area contributed by atoms with Crippen molar-refractivity contribution in [3.8, 4) is 17.1 Å². The molecule has 2 aliphatic heterocycles. The summed E-state index contributed by atoms with van der Waals surface area (Å²) in [5.74, 6) is 1.66. The number of hydrogen-bond acceptors (Lipinski definition) is 3. The Hall–Kier alpha value is -3.93. The topological polar surface area (TPSA) is 63.8 Å². The van der Waals surface area contributed by atoms with E-state index in [0.29, 0.717) is 35.0 Å². The standard InChI is InChI=1S/C25H20FN3O2/c1-16-11-12-19(31-16)14-22-25(30)29-15-23(17-7-3-2-4-8-17)27-21(24(29)28-22)13-18-9-5-6-10-20(18)26/h2-12,15,27H,13-14H2,1H3. The van der Waals surface area contributed by atoms with Crippen LogP contribution >= 0.6 is 0 Å². The van der Waals surface area contributed by atoms with Gasteiger partial charge in [-0.25, -0.2) is 9.37 Å². The van der Waals surface area contributed by atoms with Gasteiger partial charge in [0.2, 0.25) is 0 Å². The van der Waals surface area contributed by atoms with Gasteiger partial charge in [-0.3, -0.25) is 9.36 Å². The molecule has 31 heavy (non-hydrogen) atoms. The Kier molecular flexibility index (Phi) is 4.75. The SMILES string of the molecule is Cc1ccc(Cc2nc3c(Cc4ccccc4F)[nH]c(-c4ccccc4)cn-3c2=O)o1. The fourth-order valence-corrected chi connectivity index (χ4v) is 3.76. The van der Waals surface area contributed by atoms with E-state index >= 15 is 0 Å². The van der Waals surface area contributed by atoms with Crippen molar-refractivity contribution in [2.24, 2.45) is 0 Å². The van der Waals surface area contributed by atoms with Crippen molar-refractivity contribution in [3.63, 3.8) is 0 Å². The van der Waals surface area contributed by atoms with Gasteiger partial charge >= 0.3 is 0 Å². The summed E-state index contributed by atoms with van der Waals surface area (Å²) < 4.78 is 21.5. The van der Waals surface area contributed by atoms with E-state index in [1.54, 1.807) is 29.0 Å². The number of nitrogens with one attached hydrogen (secondary N) is 1. The van der Waals surface area contributed by atoms with Crippen LogP contribution in [-0.2, 0) is 12.8 Å². The van der Waals surface area contributed by atoms with E-state index in [4.69, 9.17) is 4.42 Å². The quantitative estimate of drug-likeness (QED) is 0.446. The summed E-state index contributed by atoms with van der Waals surface area (Å²) in [6, 6.07) is 20.0. The molecule has 3 aromatic rings. The third kappa shape index (κ3) is 3.68. The maximum Gasteiger partial charge on any atom is 0.278 e. The molecule has 0 spiro atoms. The van der Waals surface area contributed by atoms with Gasteiger partial charge in [0.15, 0.2) is 5.82 Å². The Morgan fingerprint density at radius 2 is 1.77 bits per heavy atom. The average Bonchev–Trinajstić information content (AvgIpc) is 3.33. The molecule has 154 valence electrons. The van der Waals surface area contributed by atoms with Crippen molar-refractivity contribution in [1.82, 2.24) is 14.5 Å². The minimum atomic E-state index is -0.292. The molecule has 0 aliphatic carbocycles. The Morgan fingerprint density at radius 3 is 2.52 bits per heavy atom. The van der Waals surface area contributed by atoms with Crippen LogP contribution in [0.15, 0.2) is 82.1 Å². The fraction of sp³-hybridized carbons (Fsp3) is 0.120. The van der Waals surface area contributed by atoms with Gasteiger partial charge < -0.3 is 9.40 Å². The highest BCUT2D eigenvalue weighted by molar-refractivity contribution is 5.60. The molecule has 0 saturated heterocycles. The lowest BCUT2D eigenvalue weighted by molar-refractivity contribution is 0.491. The molecule has 0 saturated carbocycles. The Balaban J connectivity index is 1.66. The highest BCUT2D eigenvalue weighted by Crippen LogP contribution is 2.24. The maximum atomic E-state index is 14.4. The van der Waals surface area contributed by atoms with Crippen molar-refractivity contribution < 1.29 is 8.81 Å². The number of benzene rings is 2. The molecule has 2 aliphatic rings. The summed E-state index contributed by atoms with van der Waals surface area (Å²) in [6.45, 7) is 1.86. The number of nitrogens with zero attached hydrogens (tertiary/aromatic N) is 2. The van der Waals surface area contributed by atoms with E-state index in [2.05, 4.69) is 9.97 Å². The molecular formula is C25H20FN3O2. The summed E-state index contributed by atoms with van der Waals surface area (Å²) in [5, 5.41) is 0. The fourth-order valence-electron chi connectivity index (χ4n) is 3.76. The molecule has 2 aromatic carbocycles. The van der Waals surface area contributed by atoms with Gasteiger partial charge in [-0.05, 0) is 36.2 Å². The average molecular weight is 413 g/mol. The molecule has 3 heterocycles. The molecule has 1 aromatic heterocycles. The molecule has 0 fully saturated rings. The molecule has 5 nitrogen and oxygen atoms in total. The van der Waals surface area contributed by atoms with Crippen LogP contribution in [0.3, 0.4) is 0 Å². The summed E-state index contributed by atoms with van der Waals surface area (Å²) in [4.78, 5) is 21.2. The number of imidazole rings is 1. The summed E-state index contributed by atoms with van der Waals surface area (Å²) in [5.41, 5.74) is 3.08. The largest absolute Gasteiger partial charge is 0.466 e. The van der Waals surface area contributed by atoms with Crippen LogP contribution in [0.2, 0.25) is 0 Å². The first-order chi connectivity index (χ1) is 15.1. The van der Waals surface area contributed by atoms with Gasteiger partial charge in [0, 0.05) is 12.6 Å². The Morgan fingerprint density at radius 1 is 1.00 bits per heavy atom. The van der Waals surface area contributed by atoms with Crippen LogP contribution in [0.25, 0.3) is 17.1 Å². The highest BCUT2D eigenvalue weighted by atomic mass is 19.1. The minimum Gasteiger partial charge on any atom is -0.466 e.